The maximum absolute atomic E-state index is 12.7. The summed E-state index contributed by atoms with van der Waals surface area (Å²) in [6.45, 7) is 5.60. The summed E-state index contributed by atoms with van der Waals surface area (Å²) in [6.07, 6.45) is 1.72. The van der Waals surface area contributed by atoms with Crippen LogP contribution in [0.3, 0.4) is 0 Å². The third-order valence-electron chi connectivity index (χ3n) is 4.70. The molecule has 0 aliphatic heterocycles. The Hall–Kier alpha value is -3.25. The number of hydrogen-bond acceptors (Lipinski definition) is 4. The van der Waals surface area contributed by atoms with Crippen LogP contribution in [0.15, 0.2) is 65.6 Å². The molecule has 0 radical (unpaired) electrons. The summed E-state index contributed by atoms with van der Waals surface area (Å²) in [5.41, 5.74) is 2.51. The second kappa shape index (κ2) is 6.73. The predicted octanol–water partition coefficient (Wildman–Crippen LogP) is 3.33. The molecule has 0 atom stereocenters. The summed E-state index contributed by atoms with van der Waals surface area (Å²) in [7, 11) is 0. The molecule has 0 bridgehead atoms. The molecule has 1 N–H and O–H groups in total. The molecule has 6 nitrogen and oxygen atoms in total. The van der Waals surface area contributed by atoms with Gasteiger partial charge in [-0.15, -0.1) is 5.10 Å². The van der Waals surface area contributed by atoms with Crippen molar-refractivity contribution < 1.29 is 5.11 Å². The van der Waals surface area contributed by atoms with Crippen molar-refractivity contribution in [3.05, 3.63) is 76.8 Å². The van der Waals surface area contributed by atoms with E-state index < -0.39 is 5.60 Å². The van der Waals surface area contributed by atoms with Gasteiger partial charge in [0.2, 0.25) is 0 Å². The Morgan fingerprint density at radius 3 is 2.54 bits per heavy atom. The van der Waals surface area contributed by atoms with E-state index in [1.165, 1.54) is 0 Å². The van der Waals surface area contributed by atoms with Crippen LogP contribution in [0.5, 0.6) is 0 Å². The van der Waals surface area contributed by atoms with Gasteiger partial charge in [-0.1, -0.05) is 29.5 Å². The second-order valence-corrected chi connectivity index (χ2v) is 7.63. The maximum Gasteiger partial charge on any atom is 0.258 e. The highest BCUT2D eigenvalue weighted by molar-refractivity contribution is 5.86. The largest absolute Gasteiger partial charge is 0.389 e. The van der Waals surface area contributed by atoms with E-state index in [1.807, 2.05) is 61.5 Å². The molecule has 0 amide bonds. The SMILES string of the molecule is Cc1c(-c2ccc3c(=O)n(CC(C)(C)O)ccc3c2)nnn1-c1ccccc1. The lowest BCUT2D eigenvalue weighted by Gasteiger charge is -2.18. The fourth-order valence-electron chi connectivity index (χ4n) is 3.39. The van der Waals surface area contributed by atoms with Gasteiger partial charge in [-0.25, -0.2) is 4.68 Å². The highest BCUT2D eigenvalue weighted by Gasteiger charge is 2.16. The maximum atomic E-state index is 12.7. The Labute approximate surface area is 162 Å². The van der Waals surface area contributed by atoms with Gasteiger partial charge in [0.1, 0.15) is 5.69 Å². The molecule has 2 aromatic heterocycles. The monoisotopic (exact) mass is 374 g/mol. The van der Waals surface area contributed by atoms with Crippen LogP contribution in [-0.4, -0.2) is 30.3 Å². The molecule has 4 rings (SSSR count). The molecule has 2 heterocycles. The van der Waals surface area contributed by atoms with Crippen molar-refractivity contribution >= 4 is 10.8 Å². The number of rotatable bonds is 4. The van der Waals surface area contributed by atoms with Gasteiger partial charge in [-0.05, 0) is 56.5 Å². The van der Waals surface area contributed by atoms with Gasteiger partial charge in [-0.3, -0.25) is 4.79 Å². The van der Waals surface area contributed by atoms with E-state index in [1.54, 1.807) is 29.3 Å². The van der Waals surface area contributed by atoms with Crippen LogP contribution in [0, 0.1) is 6.92 Å². The van der Waals surface area contributed by atoms with Crippen LogP contribution in [0.25, 0.3) is 27.7 Å². The lowest BCUT2D eigenvalue weighted by Crippen LogP contribution is -2.32. The normalized spacial score (nSPS) is 11.9. The highest BCUT2D eigenvalue weighted by Crippen LogP contribution is 2.25. The van der Waals surface area contributed by atoms with Crippen LogP contribution < -0.4 is 5.56 Å². The number of aromatic nitrogens is 4. The molecule has 0 saturated carbocycles. The zero-order valence-corrected chi connectivity index (χ0v) is 16.1. The Kier molecular flexibility index (Phi) is 4.35. The Bertz CT molecular complexity index is 1200. The Balaban J connectivity index is 1.76. The molecule has 0 saturated heterocycles. The quantitative estimate of drug-likeness (QED) is 0.595. The fraction of sp³-hybridized carbons (Fsp3) is 0.227. The van der Waals surface area contributed by atoms with Gasteiger partial charge in [0.05, 0.1) is 23.5 Å². The summed E-state index contributed by atoms with van der Waals surface area (Å²) in [6, 6.07) is 17.4. The highest BCUT2D eigenvalue weighted by atomic mass is 16.3. The number of nitrogens with zero attached hydrogens (tertiary/aromatic N) is 4. The number of aliphatic hydroxyl groups is 1. The first kappa shape index (κ1) is 18.1. The van der Waals surface area contributed by atoms with Gasteiger partial charge in [0, 0.05) is 17.1 Å². The molecule has 0 aliphatic carbocycles. The molecule has 28 heavy (non-hydrogen) atoms. The third-order valence-corrected chi connectivity index (χ3v) is 4.70. The first-order chi connectivity index (χ1) is 13.3. The number of fused-ring (bicyclic) bond motifs is 1. The molecule has 0 unspecified atom stereocenters. The van der Waals surface area contributed by atoms with E-state index in [2.05, 4.69) is 10.3 Å². The van der Waals surface area contributed by atoms with Gasteiger partial charge in [0.25, 0.3) is 5.56 Å². The number of benzene rings is 2. The van der Waals surface area contributed by atoms with Gasteiger partial charge in [0.15, 0.2) is 0 Å². The van der Waals surface area contributed by atoms with Crippen molar-refractivity contribution in [1.82, 2.24) is 19.6 Å². The average molecular weight is 374 g/mol. The average Bonchev–Trinajstić information content (AvgIpc) is 3.05. The topological polar surface area (TPSA) is 72.9 Å². The molecule has 6 heteroatoms. The van der Waals surface area contributed by atoms with Crippen LogP contribution in [0.1, 0.15) is 19.5 Å². The van der Waals surface area contributed by atoms with Gasteiger partial charge in [-0.2, -0.15) is 0 Å². The zero-order valence-electron chi connectivity index (χ0n) is 16.1. The van der Waals surface area contributed by atoms with E-state index in [0.29, 0.717) is 5.39 Å². The van der Waals surface area contributed by atoms with E-state index in [-0.39, 0.29) is 12.1 Å². The fourth-order valence-corrected chi connectivity index (χ4v) is 3.39. The van der Waals surface area contributed by atoms with E-state index in [9.17, 15) is 9.90 Å². The summed E-state index contributed by atoms with van der Waals surface area (Å²) in [4.78, 5) is 12.7. The standard InChI is InChI=1S/C22H22N4O2/c1-15-20(23-24-26(15)18-7-5-4-6-8-18)17-9-10-19-16(13-17)11-12-25(21(19)27)14-22(2,3)28/h4-13,28H,14H2,1-3H3. The Morgan fingerprint density at radius 1 is 1.07 bits per heavy atom. The molecule has 0 aliphatic rings. The van der Waals surface area contributed by atoms with Crippen molar-refractivity contribution in [3.8, 4) is 16.9 Å². The van der Waals surface area contributed by atoms with Crippen molar-refractivity contribution in [2.24, 2.45) is 0 Å². The molecule has 0 fully saturated rings. The number of hydrogen-bond donors (Lipinski definition) is 1. The molecule has 2 aromatic carbocycles. The van der Waals surface area contributed by atoms with Crippen LogP contribution >= 0.6 is 0 Å². The first-order valence-electron chi connectivity index (χ1n) is 9.17. The minimum Gasteiger partial charge on any atom is -0.389 e. The van der Waals surface area contributed by atoms with E-state index >= 15 is 0 Å². The summed E-state index contributed by atoms with van der Waals surface area (Å²) in [5, 5.41) is 20.1. The van der Waals surface area contributed by atoms with Crippen molar-refractivity contribution in [2.75, 3.05) is 0 Å². The Morgan fingerprint density at radius 2 is 1.82 bits per heavy atom. The first-order valence-corrected chi connectivity index (χ1v) is 9.17. The molecular formula is C22H22N4O2. The lowest BCUT2D eigenvalue weighted by molar-refractivity contribution is 0.0606. The van der Waals surface area contributed by atoms with Gasteiger partial charge < -0.3 is 9.67 Å². The minimum absolute atomic E-state index is 0.115. The van der Waals surface area contributed by atoms with Crippen molar-refractivity contribution in [3.63, 3.8) is 0 Å². The van der Waals surface area contributed by atoms with Gasteiger partial charge >= 0.3 is 0 Å². The molecular weight excluding hydrogens is 352 g/mol. The van der Waals surface area contributed by atoms with E-state index in [4.69, 9.17) is 0 Å². The zero-order chi connectivity index (χ0) is 19.9. The summed E-state index contributed by atoms with van der Waals surface area (Å²) >= 11 is 0. The summed E-state index contributed by atoms with van der Waals surface area (Å²) in [5.74, 6) is 0. The van der Waals surface area contributed by atoms with Crippen molar-refractivity contribution in [1.29, 1.82) is 0 Å². The predicted molar refractivity (Wildman–Crippen MR) is 110 cm³/mol. The smallest absolute Gasteiger partial charge is 0.258 e. The molecule has 142 valence electrons. The van der Waals surface area contributed by atoms with E-state index in [0.717, 1.165) is 28.0 Å². The van der Waals surface area contributed by atoms with Crippen LogP contribution in [0.2, 0.25) is 0 Å². The lowest BCUT2D eigenvalue weighted by atomic mass is 10.0. The third kappa shape index (κ3) is 3.34. The second-order valence-electron chi connectivity index (χ2n) is 7.63. The number of pyridine rings is 1. The molecule has 0 spiro atoms. The molecule has 4 aromatic rings. The summed E-state index contributed by atoms with van der Waals surface area (Å²) < 4.78 is 3.35. The van der Waals surface area contributed by atoms with Crippen LogP contribution in [0.4, 0.5) is 0 Å². The minimum atomic E-state index is -0.954. The van der Waals surface area contributed by atoms with Crippen LogP contribution in [-0.2, 0) is 6.54 Å². The number of para-hydroxylation sites is 1. The van der Waals surface area contributed by atoms with Crippen molar-refractivity contribution in [2.45, 2.75) is 32.9 Å².